The van der Waals surface area contributed by atoms with Crippen molar-refractivity contribution in [2.45, 2.75) is 110 Å². The molecule has 0 fully saturated rings. The molecule has 23 heavy (non-hydrogen) atoms. The number of aryl methyl sites for hydroxylation is 2. The van der Waals surface area contributed by atoms with Crippen LogP contribution < -0.4 is 0 Å². The zero-order valence-corrected chi connectivity index (χ0v) is 16.2. The summed E-state index contributed by atoms with van der Waals surface area (Å²) in [6, 6.07) is 0. The number of imidazole rings is 1. The Morgan fingerprint density at radius 3 is 1.61 bits per heavy atom. The lowest BCUT2D eigenvalue weighted by Crippen LogP contribution is -1.87. The van der Waals surface area contributed by atoms with E-state index in [9.17, 15) is 0 Å². The van der Waals surface area contributed by atoms with Crippen molar-refractivity contribution < 1.29 is 0 Å². The van der Waals surface area contributed by atoms with Crippen LogP contribution in [0.5, 0.6) is 0 Å². The van der Waals surface area contributed by atoms with Gasteiger partial charge in [-0.1, -0.05) is 90.4 Å². The van der Waals surface area contributed by atoms with Gasteiger partial charge in [-0.05, 0) is 19.8 Å². The average molecular weight is 341 g/mol. The molecule has 0 aliphatic rings. The molecule has 1 aromatic heterocycles. The van der Waals surface area contributed by atoms with Gasteiger partial charge in [0.1, 0.15) is 5.82 Å². The summed E-state index contributed by atoms with van der Waals surface area (Å²) < 4.78 is 1.60. The van der Waals surface area contributed by atoms with Crippen LogP contribution in [0.25, 0.3) is 0 Å². The second-order valence-electron chi connectivity index (χ2n) is 6.94. The van der Waals surface area contributed by atoms with E-state index >= 15 is 0 Å². The first kappa shape index (κ1) is 20.5. The summed E-state index contributed by atoms with van der Waals surface area (Å²) in [6.07, 6.45) is 22.7. The number of hydrogen-bond acceptors (Lipinski definition) is 1. The Labute approximate surface area is 149 Å². The molecular weight excluding hydrogens is 304 g/mol. The van der Waals surface area contributed by atoms with E-state index in [1.165, 1.54) is 89.9 Å². The van der Waals surface area contributed by atoms with E-state index in [4.69, 9.17) is 11.8 Å². The summed E-state index contributed by atoms with van der Waals surface area (Å²) in [5, 5.41) is 0. The van der Waals surface area contributed by atoms with E-state index in [2.05, 4.69) is 11.9 Å². The van der Waals surface area contributed by atoms with Gasteiger partial charge >= 0.3 is 0 Å². The Balaban J connectivity index is 1.78. The van der Waals surface area contributed by atoms with Gasteiger partial charge in [0.2, 0.25) is 0 Å². The minimum atomic E-state index is 0.895. The highest BCUT2D eigenvalue weighted by atomic mass is 35.5. The molecule has 0 aliphatic carbocycles. The molecular formula is C20H37ClN2. The molecule has 0 N–H and O–H groups in total. The van der Waals surface area contributed by atoms with Gasteiger partial charge in [-0.3, -0.25) is 0 Å². The first-order valence-electron chi connectivity index (χ1n) is 9.95. The van der Waals surface area contributed by atoms with Gasteiger partial charge in [-0.15, -0.1) is 0 Å². The van der Waals surface area contributed by atoms with Crippen molar-refractivity contribution in [2.24, 2.45) is 0 Å². The first-order valence-corrected chi connectivity index (χ1v) is 10.3. The molecule has 0 saturated carbocycles. The fraction of sp³-hybridized carbons (Fsp3) is 0.850. The highest BCUT2D eigenvalue weighted by Crippen LogP contribution is 2.14. The summed E-state index contributed by atoms with van der Waals surface area (Å²) >= 11 is 5.95. The van der Waals surface area contributed by atoms with Crippen LogP contribution in [0, 0.1) is 6.92 Å². The van der Waals surface area contributed by atoms with Crippen molar-refractivity contribution in [2.75, 3.05) is 0 Å². The lowest BCUT2D eigenvalue weighted by Gasteiger charge is -2.03. The molecule has 0 spiro atoms. The van der Waals surface area contributed by atoms with Crippen molar-refractivity contribution >= 4 is 11.8 Å². The SMILES string of the molecule is CCCCCCCCCCCCCCCCc1cn(Cl)c(C)n1. The van der Waals surface area contributed by atoms with Gasteiger partial charge in [-0.25, -0.2) is 9.07 Å². The Morgan fingerprint density at radius 2 is 1.22 bits per heavy atom. The minimum absolute atomic E-state index is 0.895. The summed E-state index contributed by atoms with van der Waals surface area (Å²) in [7, 11) is 0. The molecule has 1 aromatic rings. The van der Waals surface area contributed by atoms with E-state index in [1.54, 1.807) is 4.09 Å². The molecule has 0 bridgehead atoms. The lowest BCUT2D eigenvalue weighted by atomic mass is 10.0. The Kier molecular flexibility index (Phi) is 12.4. The largest absolute Gasteiger partial charge is 0.246 e. The molecule has 0 radical (unpaired) electrons. The third kappa shape index (κ3) is 10.8. The maximum absolute atomic E-state index is 5.95. The molecule has 1 heterocycles. The van der Waals surface area contributed by atoms with Gasteiger partial charge < -0.3 is 0 Å². The molecule has 0 unspecified atom stereocenters. The van der Waals surface area contributed by atoms with E-state index in [-0.39, 0.29) is 0 Å². The fourth-order valence-corrected chi connectivity index (χ4v) is 3.28. The van der Waals surface area contributed by atoms with E-state index in [0.29, 0.717) is 0 Å². The number of nitrogens with zero attached hydrogens (tertiary/aromatic N) is 2. The van der Waals surface area contributed by atoms with Gasteiger partial charge in [0.05, 0.1) is 5.69 Å². The number of unbranched alkanes of at least 4 members (excludes halogenated alkanes) is 13. The molecule has 3 heteroatoms. The van der Waals surface area contributed by atoms with Crippen LogP contribution in [0.1, 0.15) is 108 Å². The van der Waals surface area contributed by atoms with Crippen LogP contribution >= 0.6 is 11.8 Å². The van der Waals surface area contributed by atoms with Gasteiger partial charge in [0, 0.05) is 18.0 Å². The van der Waals surface area contributed by atoms with E-state index in [0.717, 1.165) is 17.9 Å². The zero-order chi connectivity index (χ0) is 16.8. The Bertz CT molecular complexity index is 367. The normalized spacial score (nSPS) is 11.3. The third-order valence-electron chi connectivity index (χ3n) is 4.66. The zero-order valence-electron chi connectivity index (χ0n) is 15.5. The van der Waals surface area contributed by atoms with Gasteiger partial charge in [0.15, 0.2) is 0 Å². The minimum Gasteiger partial charge on any atom is -0.246 e. The predicted molar refractivity (Wildman–Crippen MR) is 102 cm³/mol. The van der Waals surface area contributed by atoms with Gasteiger partial charge in [0.25, 0.3) is 0 Å². The molecule has 134 valence electrons. The quantitative estimate of drug-likeness (QED) is 0.308. The smallest absolute Gasteiger partial charge is 0.120 e. The van der Waals surface area contributed by atoms with E-state index < -0.39 is 0 Å². The topological polar surface area (TPSA) is 17.8 Å². The standard InChI is InChI=1S/C20H37ClN2/c1-3-4-5-6-7-8-9-10-11-12-13-14-15-16-17-20-18-23(21)19(2)22-20/h18H,3-17H2,1-2H3. The van der Waals surface area contributed by atoms with Crippen LogP contribution in [-0.4, -0.2) is 9.07 Å². The maximum atomic E-state index is 5.95. The number of hydrogen-bond donors (Lipinski definition) is 0. The average Bonchev–Trinajstić information content (AvgIpc) is 2.86. The molecule has 0 amide bonds. The highest BCUT2D eigenvalue weighted by Gasteiger charge is 2.01. The van der Waals surface area contributed by atoms with Crippen LogP contribution in [0.3, 0.4) is 0 Å². The first-order chi connectivity index (χ1) is 11.2. The third-order valence-corrected chi connectivity index (χ3v) is 5.01. The predicted octanol–water partition coefficient (Wildman–Crippen LogP) is 7.22. The molecule has 0 atom stereocenters. The lowest BCUT2D eigenvalue weighted by molar-refractivity contribution is 0.535. The summed E-state index contributed by atoms with van der Waals surface area (Å²) in [6.45, 7) is 4.23. The summed E-state index contributed by atoms with van der Waals surface area (Å²) in [4.78, 5) is 4.44. The molecule has 1 rings (SSSR count). The van der Waals surface area contributed by atoms with Gasteiger partial charge in [-0.2, -0.15) is 0 Å². The van der Waals surface area contributed by atoms with Crippen molar-refractivity contribution in [1.29, 1.82) is 0 Å². The van der Waals surface area contributed by atoms with Crippen molar-refractivity contribution in [3.05, 3.63) is 17.7 Å². The monoisotopic (exact) mass is 340 g/mol. The molecule has 0 aliphatic heterocycles. The van der Waals surface area contributed by atoms with Crippen molar-refractivity contribution in [1.82, 2.24) is 9.07 Å². The van der Waals surface area contributed by atoms with Crippen LogP contribution in [0.2, 0.25) is 0 Å². The Hall–Kier alpha value is -0.500. The van der Waals surface area contributed by atoms with Crippen LogP contribution in [0.15, 0.2) is 6.20 Å². The van der Waals surface area contributed by atoms with E-state index in [1.807, 2.05) is 13.1 Å². The highest BCUT2D eigenvalue weighted by molar-refractivity contribution is 6.15. The van der Waals surface area contributed by atoms with Crippen molar-refractivity contribution in [3.63, 3.8) is 0 Å². The second-order valence-corrected chi connectivity index (χ2v) is 7.30. The van der Waals surface area contributed by atoms with Crippen LogP contribution in [0.4, 0.5) is 0 Å². The number of aromatic nitrogens is 2. The molecule has 0 saturated heterocycles. The second kappa shape index (κ2) is 13.9. The van der Waals surface area contributed by atoms with Crippen LogP contribution in [-0.2, 0) is 6.42 Å². The number of halogens is 1. The Morgan fingerprint density at radius 1 is 0.783 bits per heavy atom. The maximum Gasteiger partial charge on any atom is 0.120 e. The summed E-state index contributed by atoms with van der Waals surface area (Å²) in [5.74, 6) is 0.895. The van der Waals surface area contributed by atoms with Crippen molar-refractivity contribution in [3.8, 4) is 0 Å². The molecule has 2 nitrogen and oxygen atoms in total. The molecule has 0 aromatic carbocycles. The number of rotatable bonds is 15. The fourth-order valence-electron chi connectivity index (χ4n) is 3.13. The summed E-state index contributed by atoms with van der Waals surface area (Å²) in [5.41, 5.74) is 1.14.